The zero-order valence-electron chi connectivity index (χ0n) is 16.6. The first-order valence-electron chi connectivity index (χ1n) is 10.1. The summed E-state index contributed by atoms with van der Waals surface area (Å²) in [5, 5.41) is 3.07. The first-order chi connectivity index (χ1) is 14.5. The van der Waals surface area contributed by atoms with E-state index in [1.165, 1.54) is 13.2 Å². The molecule has 1 aliphatic heterocycles. The molecule has 30 heavy (non-hydrogen) atoms. The number of ketones is 1. The Labute approximate surface area is 172 Å². The fourth-order valence-corrected chi connectivity index (χ4v) is 4.64. The molecule has 3 heterocycles. The van der Waals surface area contributed by atoms with E-state index in [2.05, 4.69) is 15.3 Å². The molecule has 0 radical (unpaired) electrons. The van der Waals surface area contributed by atoms with Crippen LogP contribution in [0.4, 0.5) is 4.39 Å². The van der Waals surface area contributed by atoms with E-state index in [1.54, 1.807) is 12.1 Å². The molecule has 5 rings (SSSR count). The van der Waals surface area contributed by atoms with Crippen LogP contribution in [0.25, 0.3) is 10.9 Å². The maximum absolute atomic E-state index is 14.3. The summed E-state index contributed by atoms with van der Waals surface area (Å²) in [6, 6.07) is 8.77. The second-order valence-corrected chi connectivity index (χ2v) is 8.12. The number of ether oxygens (including phenoxy) is 1. The fraction of sp³-hybridized carbons (Fsp3) is 0.348. The molecule has 1 aliphatic carbocycles. The minimum atomic E-state index is -0.353. The number of pyridine rings is 1. The zero-order chi connectivity index (χ0) is 20.8. The predicted molar refractivity (Wildman–Crippen MR) is 109 cm³/mol. The number of hydrogen-bond acceptors (Lipinski definition) is 4. The third-order valence-electron chi connectivity index (χ3n) is 6.33. The van der Waals surface area contributed by atoms with E-state index in [1.807, 2.05) is 18.2 Å². The summed E-state index contributed by atoms with van der Waals surface area (Å²) in [6.45, 7) is 1.47. The molecule has 7 heteroatoms. The van der Waals surface area contributed by atoms with Gasteiger partial charge >= 0.3 is 0 Å². The highest BCUT2D eigenvalue weighted by Gasteiger charge is 2.54. The van der Waals surface area contributed by atoms with Crippen LogP contribution in [-0.2, 0) is 11.2 Å². The SMILES string of the molecule is CNC(=O)c1cc(C(=O)CC2[C@H]3COC[C@@H]23)cc(Cc2cccc3[nH]cc(F)c23)n1. The number of amides is 1. The summed E-state index contributed by atoms with van der Waals surface area (Å²) in [7, 11) is 1.53. The van der Waals surface area contributed by atoms with Crippen LogP contribution in [0.2, 0.25) is 0 Å². The van der Waals surface area contributed by atoms with Gasteiger partial charge in [-0.15, -0.1) is 0 Å². The number of carbonyl (C=O) groups excluding carboxylic acids is 2. The Morgan fingerprint density at radius 1 is 1.27 bits per heavy atom. The van der Waals surface area contributed by atoms with Gasteiger partial charge in [0.05, 0.1) is 13.2 Å². The third kappa shape index (κ3) is 3.29. The molecule has 3 aromatic rings. The molecule has 1 saturated heterocycles. The Morgan fingerprint density at radius 3 is 2.83 bits per heavy atom. The predicted octanol–water partition coefficient (Wildman–Crippen LogP) is 3.12. The monoisotopic (exact) mass is 407 g/mol. The van der Waals surface area contributed by atoms with Crippen molar-refractivity contribution in [1.82, 2.24) is 15.3 Å². The van der Waals surface area contributed by atoms with Crippen LogP contribution in [-0.4, -0.2) is 41.9 Å². The van der Waals surface area contributed by atoms with E-state index in [-0.39, 0.29) is 23.2 Å². The molecule has 1 aromatic carbocycles. The topological polar surface area (TPSA) is 84.1 Å². The minimum absolute atomic E-state index is 0.00855. The first kappa shape index (κ1) is 18.9. The number of benzene rings is 1. The summed E-state index contributed by atoms with van der Waals surface area (Å²) in [5.41, 5.74) is 2.68. The van der Waals surface area contributed by atoms with Gasteiger partial charge in [0, 0.05) is 48.2 Å². The smallest absolute Gasteiger partial charge is 0.269 e. The molecule has 0 spiro atoms. The van der Waals surface area contributed by atoms with Crippen LogP contribution in [0.5, 0.6) is 0 Å². The maximum Gasteiger partial charge on any atom is 0.269 e. The summed E-state index contributed by atoms with van der Waals surface area (Å²) in [4.78, 5) is 32.5. The average Bonchev–Trinajstić information content (AvgIpc) is 3.10. The van der Waals surface area contributed by atoms with Gasteiger partial charge in [0.1, 0.15) is 11.5 Å². The fourth-order valence-electron chi connectivity index (χ4n) is 4.64. The van der Waals surface area contributed by atoms with Crippen molar-refractivity contribution in [2.75, 3.05) is 20.3 Å². The number of hydrogen-bond donors (Lipinski definition) is 2. The molecule has 2 aliphatic rings. The molecule has 154 valence electrons. The van der Waals surface area contributed by atoms with E-state index in [4.69, 9.17) is 4.74 Å². The number of H-pyrrole nitrogens is 1. The van der Waals surface area contributed by atoms with Crippen LogP contribution in [0, 0.1) is 23.6 Å². The number of fused-ring (bicyclic) bond motifs is 2. The average molecular weight is 407 g/mol. The molecule has 1 unspecified atom stereocenters. The van der Waals surface area contributed by atoms with Crippen molar-refractivity contribution < 1.29 is 18.7 Å². The number of nitrogens with one attached hydrogen (secondary N) is 2. The molecular weight excluding hydrogens is 385 g/mol. The lowest BCUT2D eigenvalue weighted by Crippen LogP contribution is -2.21. The van der Waals surface area contributed by atoms with Gasteiger partial charge < -0.3 is 15.0 Å². The normalized spacial score (nSPS) is 22.1. The lowest BCUT2D eigenvalue weighted by atomic mass is 9.99. The Morgan fingerprint density at radius 2 is 2.07 bits per heavy atom. The number of Topliss-reactive ketones (excluding diaryl/α,β-unsaturated/α-hetero) is 1. The van der Waals surface area contributed by atoms with Gasteiger partial charge in [0.2, 0.25) is 0 Å². The van der Waals surface area contributed by atoms with Gasteiger partial charge in [-0.1, -0.05) is 12.1 Å². The highest BCUT2D eigenvalue weighted by molar-refractivity contribution is 6.00. The number of aromatic amines is 1. The van der Waals surface area contributed by atoms with E-state index < -0.39 is 0 Å². The van der Waals surface area contributed by atoms with Crippen LogP contribution in [0.15, 0.2) is 36.5 Å². The van der Waals surface area contributed by atoms with Crippen molar-refractivity contribution in [1.29, 1.82) is 0 Å². The summed E-state index contributed by atoms with van der Waals surface area (Å²) < 4.78 is 19.7. The van der Waals surface area contributed by atoms with E-state index >= 15 is 0 Å². The Hall–Kier alpha value is -3.06. The summed E-state index contributed by atoms with van der Waals surface area (Å²) in [6.07, 6.45) is 2.10. The molecular formula is C23H22FN3O3. The van der Waals surface area contributed by atoms with Crippen molar-refractivity contribution >= 4 is 22.6 Å². The van der Waals surface area contributed by atoms with E-state index in [0.29, 0.717) is 52.8 Å². The number of carbonyl (C=O) groups is 2. The molecule has 2 aromatic heterocycles. The third-order valence-corrected chi connectivity index (χ3v) is 6.33. The van der Waals surface area contributed by atoms with Crippen molar-refractivity contribution in [3.8, 4) is 0 Å². The summed E-state index contributed by atoms with van der Waals surface area (Å²) >= 11 is 0. The van der Waals surface area contributed by atoms with Crippen LogP contribution in [0.1, 0.15) is 38.5 Å². The number of halogens is 1. The highest BCUT2D eigenvalue weighted by atomic mass is 19.1. The van der Waals surface area contributed by atoms with Gasteiger partial charge in [-0.2, -0.15) is 0 Å². The van der Waals surface area contributed by atoms with Gasteiger partial charge in [-0.25, -0.2) is 9.37 Å². The molecule has 0 bridgehead atoms. The number of rotatable bonds is 6. The maximum atomic E-state index is 14.3. The van der Waals surface area contributed by atoms with Crippen molar-refractivity contribution in [2.45, 2.75) is 12.8 Å². The molecule has 6 nitrogen and oxygen atoms in total. The lowest BCUT2D eigenvalue weighted by Gasteiger charge is -2.10. The van der Waals surface area contributed by atoms with Gasteiger partial charge in [-0.3, -0.25) is 9.59 Å². The van der Waals surface area contributed by atoms with Crippen LogP contribution < -0.4 is 5.32 Å². The van der Waals surface area contributed by atoms with Gasteiger partial charge in [-0.05, 0) is 41.5 Å². The van der Waals surface area contributed by atoms with Crippen molar-refractivity contribution in [3.63, 3.8) is 0 Å². The minimum Gasteiger partial charge on any atom is -0.381 e. The van der Waals surface area contributed by atoms with Crippen molar-refractivity contribution in [3.05, 3.63) is 64.9 Å². The van der Waals surface area contributed by atoms with Gasteiger partial charge in [0.25, 0.3) is 5.91 Å². The molecule has 2 N–H and O–H groups in total. The van der Waals surface area contributed by atoms with E-state index in [0.717, 1.165) is 18.8 Å². The zero-order valence-corrected chi connectivity index (χ0v) is 16.6. The number of aromatic nitrogens is 2. The van der Waals surface area contributed by atoms with E-state index in [9.17, 15) is 14.0 Å². The Bertz CT molecular complexity index is 1150. The first-order valence-corrected chi connectivity index (χ1v) is 10.1. The Balaban J connectivity index is 1.46. The quantitative estimate of drug-likeness (QED) is 0.615. The molecule has 2 fully saturated rings. The molecule has 1 saturated carbocycles. The second kappa shape index (κ2) is 7.32. The molecule has 3 atom stereocenters. The van der Waals surface area contributed by atoms with Crippen molar-refractivity contribution in [2.24, 2.45) is 17.8 Å². The second-order valence-electron chi connectivity index (χ2n) is 8.12. The lowest BCUT2D eigenvalue weighted by molar-refractivity contribution is 0.0950. The van der Waals surface area contributed by atoms with Crippen LogP contribution >= 0.6 is 0 Å². The largest absolute Gasteiger partial charge is 0.381 e. The highest BCUT2D eigenvalue weighted by Crippen LogP contribution is 2.52. The number of nitrogens with zero attached hydrogens (tertiary/aromatic N) is 1. The standard InChI is InChI=1S/C23H22FN3O3/c1-25-23(29)20-7-13(21(28)8-15-16-10-30-11-17(15)16)6-14(27-20)5-12-3-2-4-19-22(12)18(24)9-26-19/h2-4,6-7,9,15-17,26H,5,8,10-11H2,1H3,(H,25,29)/t15?,16-,17+. The summed E-state index contributed by atoms with van der Waals surface area (Å²) in [5.74, 6) is 0.671. The molecule has 1 amide bonds. The van der Waals surface area contributed by atoms with Crippen LogP contribution in [0.3, 0.4) is 0 Å². The van der Waals surface area contributed by atoms with Gasteiger partial charge in [0.15, 0.2) is 5.78 Å². The Kier molecular flexibility index (Phi) is 4.62.